The van der Waals surface area contributed by atoms with Gasteiger partial charge in [-0.2, -0.15) is 0 Å². The van der Waals surface area contributed by atoms with Crippen molar-refractivity contribution in [2.24, 2.45) is 5.73 Å². The normalized spacial score (nSPS) is 13.5. The predicted octanol–water partition coefficient (Wildman–Crippen LogP) is 4.58. The highest BCUT2D eigenvalue weighted by Crippen LogP contribution is 2.28. The molecule has 1 aromatic carbocycles. The van der Waals surface area contributed by atoms with E-state index in [2.05, 4.69) is 47.1 Å². The second-order valence-corrected chi connectivity index (χ2v) is 7.65. The zero-order valence-electron chi connectivity index (χ0n) is 11.8. The molecule has 1 atom stereocenters. The van der Waals surface area contributed by atoms with Gasteiger partial charge in [0, 0.05) is 27.7 Å². The van der Waals surface area contributed by atoms with Crippen LogP contribution in [0.3, 0.4) is 0 Å². The average Bonchev–Trinajstić information content (AvgIpc) is 2.76. The van der Waals surface area contributed by atoms with Crippen LogP contribution < -0.4 is 5.73 Å². The number of benzene rings is 1. The monoisotopic (exact) mass is 356 g/mol. The second-order valence-electron chi connectivity index (χ2n) is 5.85. The molecule has 0 fully saturated rings. The van der Waals surface area contributed by atoms with Crippen LogP contribution in [-0.4, -0.2) is 4.98 Å². The molecule has 0 bridgehead atoms. The Balaban J connectivity index is 2.15. The molecule has 1 heterocycles. The first-order valence-corrected chi connectivity index (χ1v) is 8.10. The molecule has 0 saturated carbocycles. The summed E-state index contributed by atoms with van der Waals surface area (Å²) < 4.78 is 13.8. The molecule has 2 nitrogen and oxygen atoms in total. The van der Waals surface area contributed by atoms with Crippen molar-refractivity contribution in [2.45, 2.75) is 38.6 Å². The fraction of sp³-hybridized carbons (Fsp3) is 0.400. The number of nitrogens with zero attached hydrogens (tertiary/aromatic N) is 1. The number of nitrogens with two attached hydrogens (primary N) is 1. The van der Waals surface area contributed by atoms with E-state index in [9.17, 15) is 4.39 Å². The van der Waals surface area contributed by atoms with Crippen molar-refractivity contribution < 1.29 is 4.39 Å². The van der Waals surface area contributed by atoms with Crippen LogP contribution in [0.4, 0.5) is 4.39 Å². The molecule has 5 heteroatoms. The molecule has 0 saturated heterocycles. The molecular weight excluding hydrogens is 339 g/mol. The quantitative estimate of drug-likeness (QED) is 0.873. The lowest BCUT2D eigenvalue weighted by Gasteiger charge is -2.15. The third-order valence-electron chi connectivity index (χ3n) is 3.08. The molecule has 2 N–H and O–H groups in total. The van der Waals surface area contributed by atoms with Gasteiger partial charge in [0.15, 0.2) is 0 Å². The molecule has 20 heavy (non-hydrogen) atoms. The molecular formula is C15H18BrFN2S. The Morgan fingerprint density at radius 2 is 2.10 bits per heavy atom. The fourth-order valence-corrected chi connectivity index (χ4v) is 3.58. The number of thiazole rings is 1. The van der Waals surface area contributed by atoms with E-state index in [1.807, 2.05) is 0 Å². The standard InChI is InChI=1S/C15H18BrFN2S/c1-15(2,3)13-8-20-14(19-13)7-12(18)10-5-4-9(17)6-11(10)16/h4-6,8,12H,7,18H2,1-3H3. The van der Waals surface area contributed by atoms with Crippen LogP contribution in [0, 0.1) is 5.82 Å². The highest BCUT2D eigenvalue weighted by molar-refractivity contribution is 9.10. The van der Waals surface area contributed by atoms with E-state index in [4.69, 9.17) is 5.73 Å². The van der Waals surface area contributed by atoms with Crippen molar-refractivity contribution in [2.75, 3.05) is 0 Å². The van der Waals surface area contributed by atoms with Gasteiger partial charge in [-0.1, -0.05) is 42.8 Å². The number of hydrogen-bond acceptors (Lipinski definition) is 3. The van der Waals surface area contributed by atoms with Crippen molar-refractivity contribution in [3.05, 3.63) is 50.1 Å². The maximum absolute atomic E-state index is 13.1. The van der Waals surface area contributed by atoms with E-state index in [1.165, 1.54) is 12.1 Å². The van der Waals surface area contributed by atoms with Gasteiger partial charge in [-0.15, -0.1) is 11.3 Å². The molecule has 2 aromatic rings. The Kier molecular flexibility index (Phi) is 4.62. The van der Waals surface area contributed by atoms with Gasteiger partial charge < -0.3 is 5.73 Å². The molecule has 0 aliphatic rings. The van der Waals surface area contributed by atoms with E-state index in [0.717, 1.165) is 16.3 Å². The molecule has 0 radical (unpaired) electrons. The van der Waals surface area contributed by atoms with Crippen molar-refractivity contribution >= 4 is 27.3 Å². The molecule has 0 spiro atoms. The third-order valence-corrected chi connectivity index (χ3v) is 4.63. The smallest absolute Gasteiger partial charge is 0.124 e. The van der Waals surface area contributed by atoms with Gasteiger partial charge in [0.05, 0.1) is 10.7 Å². The number of rotatable bonds is 3. The largest absolute Gasteiger partial charge is 0.324 e. The summed E-state index contributed by atoms with van der Waals surface area (Å²) in [5.41, 5.74) is 8.25. The van der Waals surface area contributed by atoms with Crippen molar-refractivity contribution in [1.82, 2.24) is 4.98 Å². The Morgan fingerprint density at radius 1 is 1.40 bits per heavy atom. The molecule has 0 amide bonds. The summed E-state index contributed by atoms with van der Waals surface area (Å²) in [6.07, 6.45) is 0.658. The minimum absolute atomic E-state index is 0.0509. The lowest BCUT2D eigenvalue weighted by Crippen LogP contribution is -2.15. The summed E-state index contributed by atoms with van der Waals surface area (Å²) in [5.74, 6) is -0.267. The van der Waals surface area contributed by atoms with Crippen molar-refractivity contribution in [3.63, 3.8) is 0 Å². The summed E-state index contributed by atoms with van der Waals surface area (Å²) >= 11 is 4.99. The van der Waals surface area contributed by atoms with Crippen LogP contribution in [0.1, 0.15) is 43.1 Å². The van der Waals surface area contributed by atoms with Gasteiger partial charge >= 0.3 is 0 Å². The molecule has 0 aliphatic heterocycles. The maximum Gasteiger partial charge on any atom is 0.124 e. The van der Waals surface area contributed by atoms with Gasteiger partial charge in [-0.3, -0.25) is 0 Å². The Bertz CT molecular complexity index is 604. The maximum atomic E-state index is 13.1. The molecule has 108 valence electrons. The summed E-state index contributed by atoms with van der Waals surface area (Å²) in [5, 5.41) is 3.10. The number of aromatic nitrogens is 1. The first-order valence-electron chi connectivity index (χ1n) is 6.43. The average molecular weight is 357 g/mol. The van der Waals surface area contributed by atoms with Crippen LogP contribution in [0.2, 0.25) is 0 Å². The van der Waals surface area contributed by atoms with Gasteiger partial charge in [-0.05, 0) is 17.7 Å². The third kappa shape index (κ3) is 3.65. The molecule has 1 unspecified atom stereocenters. The molecule has 1 aromatic heterocycles. The summed E-state index contributed by atoms with van der Waals surface area (Å²) in [6, 6.07) is 4.41. The number of hydrogen-bond donors (Lipinski definition) is 1. The minimum atomic E-state index is -0.267. The number of halogens is 2. The van der Waals surface area contributed by atoms with Crippen LogP contribution in [-0.2, 0) is 11.8 Å². The zero-order valence-corrected chi connectivity index (χ0v) is 14.2. The Labute approximate surface area is 131 Å². The fourth-order valence-electron chi connectivity index (χ4n) is 1.85. The lowest BCUT2D eigenvalue weighted by molar-refractivity contribution is 0.568. The van der Waals surface area contributed by atoms with Crippen LogP contribution in [0.5, 0.6) is 0 Å². The highest BCUT2D eigenvalue weighted by atomic mass is 79.9. The molecule has 2 rings (SSSR count). The topological polar surface area (TPSA) is 38.9 Å². The first-order chi connectivity index (χ1) is 9.27. The predicted molar refractivity (Wildman–Crippen MR) is 85.5 cm³/mol. The summed E-state index contributed by atoms with van der Waals surface area (Å²) in [7, 11) is 0. The first kappa shape index (κ1) is 15.6. The second kappa shape index (κ2) is 5.92. The molecule has 0 aliphatic carbocycles. The Morgan fingerprint density at radius 3 is 2.65 bits per heavy atom. The zero-order chi connectivity index (χ0) is 14.9. The van der Waals surface area contributed by atoms with E-state index in [-0.39, 0.29) is 17.3 Å². The lowest BCUT2D eigenvalue weighted by atomic mass is 9.93. The van der Waals surface area contributed by atoms with E-state index >= 15 is 0 Å². The van der Waals surface area contributed by atoms with Crippen molar-refractivity contribution in [1.29, 1.82) is 0 Å². The van der Waals surface area contributed by atoms with E-state index in [0.29, 0.717) is 10.9 Å². The van der Waals surface area contributed by atoms with E-state index < -0.39 is 0 Å². The van der Waals surface area contributed by atoms with Gasteiger partial charge in [0.1, 0.15) is 5.82 Å². The minimum Gasteiger partial charge on any atom is -0.324 e. The SMILES string of the molecule is CC(C)(C)c1csc(CC(N)c2ccc(F)cc2Br)n1. The highest BCUT2D eigenvalue weighted by Gasteiger charge is 2.19. The van der Waals surface area contributed by atoms with Crippen LogP contribution >= 0.6 is 27.3 Å². The van der Waals surface area contributed by atoms with Crippen LogP contribution in [0.25, 0.3) is 0 Å². The van der Waals surface area contributed by atoms with Gasteiger partial charge in [0.2, 0.25) is 0 Å². The van der Waals surface area contributed by atoms with Gasteiger partial charge in [-0.25, -0.2) is 9.37 Å². The summed E-state index contributed by atoms with van der Waals surface area (Å²) in [6.45, 7) is 6.42. The van der Waals surface area contributed by atoms with Crippen molar-refractivity contribution in [3.8, 4) is 0 Å². The Hall–Kier alpha value is -0.780. The summed E-state index contributed by atoms with van der Waals surface area (Å²) in [4.78, 5) is 4.64. The van der Waals surface area contributed by atoms with Crippen LogP contribution in [0.15, 0.2) is 28.1 Å². The van der Waals surface area contributed by atoms with E-state index in [1.54, 1.807) is 17.4 Å². The van der Waals surface area contributed by atoms with Gasteiger partial charge in [0.25, 0.3) is 0 Å².